The molecule has 3 nitrogen and oxygen atoms in total. The third-order valence-electron chi connectivity index (χ3n) is 2.80. The lowest BCUT2D eigenvalue weighted by molar-refractivity contribution is -0.132. The van der Waals surface area contributed by atoms with E-state index in [-0.39, 0.29) is 30.3 Å². The second kappa shape index (κ2) is 3.98. The van der Waals surface area contributed by atoms with Crippen LogP contribution in [0.4, 0.5) is 8.78 Å². The molecule has 1 fully saturated rings. The van der Waals surface area contributed by atoms with Crippen LogP contribution in [0.1, 0.15) is 31.2 Å². The molecule has 1 saturated carbocycles. The number of benzene rings is 1. The average molecular weight is 242 g/mol. The number of aromatic hydroxyl groups is 1. The second-order valence-electron chi connectivity index (χ2n) is 4.28. The van der Waals surface area contributed by atoms with E-state index in [1.807, 2.05) is 0 Å². The van der Waals surface area contributed by atoms with Gasteiger partial charge >= 0.3 is 5.97 Å². The van der Waals surface area contributed by atoms with Crippen LogP contribution in [0.2, 0.25) is 0 Å². The fraction of sp³-hybridized carbons (Fsp3) is 0.417. The predicted molar refractivity (Wildman–Crippen MR) is 56.3 cm³/mol. The molecule has 0 aromatic heterocycles. The molecule has 1 aliphatic carbocycles. The minimum Gasteiger partial charge on any atom is -0.504 e. The number of phenolic OH excluding ortho intramolecular Hbond substituents is 1. The zero-order valence-corrected chi connectivity index (χ0v) is 9.24. The van der Waals surface area contributed by atoms with Gasteiger partial charge in [-0.1, -0.05) is 6.07 Å². The Labute approximate surface area is 97.0 Å². The molecule has 0 radical (unpaired) electrons. The van der Waals surface area contributed by atoms with Crippen molar-refractivity contribution >= 4 is 5.97 Å². The highest BCUT2D eigenvalue weighted by Crippen LogP contribution is 2.49. The molecule has 2 rings (SSSR count). The molecule has 0 saturated heterocycles. The number of carbonyl (C=O) groups is 1. The Bertz CT molecular complexity index is 449. The molecule has 1 aliphatic rings. The number of esters is 1. The van der Waals surface area contributed by atoms with Gasteiger partial charge in [0, 0.05) is 19.8 Å². The van der Waals surface area contributed by atoms with Gasteiger partial charge in [-0.25, -0.2) is 8.78 Å². The lowest BCUT2D eigenvalue weighted by atomic mass is 9.77. The van der Waals surface area contributed by atoms with Gasteiger partial charge in [-0.3, -0.25) is 4.79 Å². The topological polar surface area (TPSA) is 46.5 Å². The molecule has 0 bridgehead atoms. The number of rotatable bonds is 2. The van der Waals surface area contributed by atoms with Crippen LogP contribution < -0.4 is 4.74 Å². The van der Waals surface area contributed by atoms with Crippen molar-refractivity contribution in [2.24, 2.45) is 0 Å². The number of carbonyl (C=O) groups excluding carboxylic acids is 1. The summed E-state index contributed by atoms with van der Waals surface area (Å²) < 4.78 is 30.1. The number of hydrogen-bond acceptors (Lipinski definition) is 3. The number of hydrogen-bond donors (Lipinski definition) is 1. The van der Waals surface area contributed by atoms with Crippen molar-refractivity contribution in [1.82, 2.24) is 0 Å². The molecule has 0 heterocycles. The highest BCUT2D eigenvalue weighted by Gasteiger charge is 2.45. The molecule has 0 amide bonds. The van der Waals surface area contributed by atoms with Gasteiger partial charge in [0.2, 0.25) is 5.92 Å². The van der Waals surface area contributed by atoms with E-state index >= 15 is 0 Å². The van der Waals surface area contributed by atoms with E-state index in [4.69, 9.17) is 4.74 Å². The van der Waals surface area contributed by atoms with Gasteiger partial charge in [0.15, 0.2) is 11.5 Å². The van der Waals surface area contributed by atoms with Gasteiger partial charge < -0.3 is 9.84 Å². The van der Waals surface area contributed by atoms with E-state index in [0.29, 0.717) is 5.56 Å². The first-order valence-electron chi connectivity index (χ1n) is 5.26. The summed E-state index contributed by atoms with van der Waals surface area (Å²) in [4.78, 5) is 10.7. The Morgan fingerprint density at radius 3 is 2.59 bits per heavy atom. The standard InChI is InChI=1S/C12H12F2O3/c1-7(15)17-11-3-2-8(4-10(11)16)9-5-12(13,14)6-9/h2-4,9,16H,5-6H2,1H3. The van der Waals surface area contributed by atoms with E-state index in [9.17, 15) is 18.7 Å². The first-order valence-corrected chi connectivity index (χ1v) is 5.26. The smallest absolute Gasteiger partial charge is 0.308 e. The largest absolute Gasteiger partial charge is 0.504 e. The van der Waals surface area contributed by atoms with Crippen LogP contribution in [0, 0.1) is 0 Å². The summed E-state index contributed by atoms with van der Waals surface area (Å²) in [5.41, 5.74) is 0.643. The molecular weight excluding hydrogens is 230 g/mol. The minimum atomic E-state index is -2.59. The highest BCUT2D eigenvalue weighted by atomic mass is 19.3. The van der Waals surface area contributed by atoms with Crippen molar-refractivity contribution < 1.29 is 23.4 Å². The van der Waals surface area contributed by atoms with Gasteiger partial charge in [0.25, 0.3) is 0 Å². The van der Waals surface area contributed by atoms with Crippen LogP contribution in [-0.4, -0.2) is 17.0 Å². The highest BCUT2D eigenvalue weighted by molar-refractivity contribution is 5.70. The third kappa shape index (κ3) is 2.54. The molecule has 0 unspecified atom stereocenters. The minimum absolute atomic E-state index is 0.0485. The van der Waals surface area contributed by atoms with Crippen molar-refractivity contribution in [3.05, 3.63) is 23.8 Å². The zero-order chi connectivity index (χ0) is 12.6. The van der Waals surface area contributed by atoms with Gasteiger partial charge in [-0.2, -0.15) is 0 Å². The van der Waals surface area contributed by atoms with Gasteiger partial charge in [0.05, 0.1) is 0 Å². The monoisotopic (exact) mass is 242 g/mol. The molecule has 5 heteroatoms. The average Bonchev–Trinajstić information content (AvgIpc) is 2.17. The summed E-state index contributed by atoms with van der Waals surface area (Å²) in [6.07, 6.45) is -0.390. The van der Waals surface area contributed by atoms with Crippen LogP contribution in [-0.2, 0) is 4.79 Å². The molecular formula is C12H12F2O3. The summed E-state index contributed by atoms with van der Waals surface area (Å²) in [6, 6.07) is 4.39. The van der Waals surface area contributed by atoms with Crippen molar-refractivity contribution in [1.29, 1.82) is 0 Å². The Kier molecular flexibility index (Phi) is 2.77. The van der Waals surface area contributed by atoms with Crippen LogP contribution in [0.5, 0.6) is 11.5 Å². The fourth-order valence-corrected chi connectivity index (χ4v) is 1.93. The quantitative estimate of drug-likeness (QED) is 0.640. The van der Waals surface area contributed by atoms with Gasteiger partial charge in [0.1, 0.15) is 0 Å². The molecule has 1 aromatic carbocycles. The van der Waals surface area contributed by atoms with E-state index in [0.717, 1.165) is 0 Å². The Morgan fingerprint density at radius 1 is 1.47 bits per heavy atom. The van der Waals surface area contributed by atoms with Crippen LogP contribution in [0.3, 0.4) is 0 Å². The fourth-order valence-electron chi connectivity index (χ4n) is 1.93. The maximum Gasteiger partial charge on any atom is 0.308 e. The van der Waals surface area contributed by atoms with Gasteiger partial charge in [-0.15, -0.1) is 0 Å². The first kappa shape index (κ1) is 11.8. The number of ether oxygens (including phenoxy) is 1. The van der Waals surface area contributed by atoms with E-state index in [2.05, 4.69) is 0 Å². The zero-order valence-electron chi connectivity index (χ0n) is 9.24. The SMILES string of the molecule is CC(=O)Oc1ccc(C2CC(F)(F)C2)cc1O. The first-order chi connectivity index (χ1) is 7.87. The molecule has 1 aromatic rings. The summed E-state index contributed by atoms with van der Waals surface area (Å²) in [5.74, 6) is -3.51. The third-order valence-corrected chi connectivity index (χ3v) is 2.80. The molecule has 17 heavy (non-hydrogen) atoms. The molecule has 0 spiro atoms. The summed E-state index contributed by atoms with van der Waals surface area (Å²) >= 11 is 0. The number of halogens is 2. The lowest BCUT2D eigenvalue weighted by Gasteiger charge is -2.35. The summed E-state index contributed by atoms with van der Waals surface area (Å²) in [7, 11) is 0. The maximum absolute atomic E-state index is 12.7. The van der Waals surface area contributed by atoms with E-state index in [1.54, 1.807) is 6.07 Å². The Morgan fingerprint density at radius 2 is 2.12 bits per heavy atom. The van der Waals surface area contributed by atoms with Crippen molar-refractivity contribution in [2.75, 3.05) is 0 Å². The Hall–Kier alpha value is -1.65. The molecule has 0 aliphatic heterocycles. The van der Waals surface area contributed by atoms with Crippen LogP contribution in [0.15, 0.2) is 18.2 Å². The molecule has 1 N–H and O–H groups in total. The number of phenols is 1. The lowest BCUT2D eigenvalue weighted by Crippen LogP contribution is -2.33. The predicted octanol–water partition coefficient (Wildman–Crippen LogP) is 2.83. The van der Waals surface area contributed by atoms with Crippen molar-refractivity contribution in [3.63, 3.8) is 0 Å². The van der Waals surface area contributed by atoms with Crippen molar-refractivity contribution in [2.45, 2.75) is 31.6 Å². The summed E-state index contributed by atoms with van der Waals surface area (Å²) in [6.45, 7) is 1.22. The normalized spacial score (nSPS) is 18.5. The van der Waals surface area contributed by atoms with E-state index < -0.39 is 11.9 Å². The second-order valence-corrected chi connectivity index (χ2v) is 4.28. The van der Waals surface area contributed by atoms with Crippen molar-refractivity contribution in [3.8, 4) is 11.5 Å². The Balaban J connectivity index is 2.12. The van der Waals surface area contributed by atoms with Gasteiger partial charge in [-0.05, 0) is 23.6 Å². The molecule has 92 valence electrons. The van der Waals surface area contributed by atoms with E-state index in [1.165, 1.54) is 19.1 Å². The van der Waals surface area contributed by atoms with Crippen LogP contribution >= 0.6 is 0 Å². The number of alkyl halides is 2. The maximum atomic E-state index is 12.7. The summed E-state index contributed by atoms with van der Waals surface area (Å²) in [5, 5.41) is 9.57. The van der Waals surface area contributed by atoms with Crippen LogP contribution in [0.25, 0.3) is 0 Å². The molecule has 0 atom stereocenters.